The molecule has 0 aromatic heterocycles. The molecule has 0 unspecified atom stereocenters. The predicted molar refractivity (Wildman–Crippen MR) is 271 cm³/mol. The summed E-state index contributed by atoms with van der Waals surface area (Å²) < 4.78 is 0. The lowest BCUT2D eigenvalue weighted by atomic mass is 9.67. The number of hydrogen-bond donors (Lipinski definition) is 0. The summed E-state index contributed by atoms with van der Waals surface area (Å²) in [5.41, 5.74) is 22.5. The van der Waals surface area contributed by atoms with Gasteiger partial charge in [0.2, 0.25) is 0 Å². The van der Waals surface area contributed by atoms with Gasteiger partial charge in [-0.2, -0.15) is 0 Å². The molecule has 10 aromatic rings. The van der Waals surface area contributed by atoms with Gasteiger partial charge in [-0.05, 0) is 128 Å². The third-order valence-corrected chi connectivity index (χ3v) is 14.2. The Morgan fingerprint density at radius 2 is 0.723 bits per heavy atom. The molecule has 0 N–H and O–H groups in total. The Bertz CT molecular complexity index is 3270. The Hall–Kier alpha value is -8.00. The van der Waals surface area contributed by atoms with Crippen LogP contribution >= 0.6 is 0 Å². The average molecular weight is 830 g/mol. The minimum atomic E-state index is -0.543. The quantitative estimate of drug-likeness (QED) is 0.147. The second-order valence-corrected chi connectivity index (χ2v) is 17.6. The van der Waals surface area contributed by atoms with Crippen molar-refractivity contribution in [1.82, 2.24) is 0 Å². The standard InChI is InChI=1S/C64H47N/c1-44-41-47(46-23-8-3-9-24-46)42-45(2)62(44)65(52-39-40-54-53-33-18-20-35-56(53)64(59(54)43-52,50-29-14-6-15-30-50)51-31-16-7-17-32-51)60-38-22-37-58-61(60)55-34-19-21-36-57(55)63(58,48-25-10-4-11-26-48)49-27-12-5-13-28-49/h3-43H,1-2H3. The highest BCUT2D eigenvalue weighted by molar-refractivity contribution is 5.99. The van der Waals surface area contributed by atoms with Crippen LogP contribution in [-0.2, 0) is 10.8 Å². The van der Waals surface area contributed by atoms with Crippen molar-refractivity contribution in [2.24, 2.45) is 0 Å². The second-order valence-electron chi connectivity index (χ2n) is 17.6. The maximum atomic E-state index is 2.59. The zero-order valence-corrected chi connectivity index (χ0v) is 36.6. The van der Waals surface area contributed by atoms with Crippen LogP contribution in [0.5, 0.6) is 0 Å². The van der Waals surface area contributed by atoms with E-state index in [1.165, 1.54) is 94.7 Å². The first-order chi connectivity index (χ1) is 32.1. The number of aryl methyl sites for hydroxylation is 2. The van der Waals surface area contributed by atoms with E-state index >= 15 is 0 Å². The molecule has 2 aliphatic rings. The van der Waals surface area contributed by atoms with Crippen LogP contribution in [-0.4, -0.2) is 0 Å². The van der Waals surface area contributed by atoms with Gasteiger partial charge >= 0.3 is 0 Å². The van der Waals surface area contributed by atoms with Crippen molar-refractivity contribution in [3.8, 4) is 33.4 Å². The van der Waals surface area contributed by atoms with E-state index in [4.69, 9.17) is 0 Å². The molecule has 65 heavy (non-hydrogen) atoms. The lowest BCUT2D eigenvalue weighted by Crippen LogP contribution is -2.29. The van der Waals surface area contributed by atoms with Gasteiger partial charge in [-0.25, -0.2) is 0 Å². The first kappa shape index (κ1) is 38.7. The molecule has 0 amide bonds. The van der Waals surface area contributed by atoms with E-state index in [1.54, 1.807) is 0 Å². The van der Waals surface area contributed by atoms with E-state index in [1.807, 2.05) is 0 Å². The SMILES string of the molecule is Cc1cc(-c2ccccc2)cc(C)c1N(c1ccc2c(c1)C(c1ccccc1)(c1ccccc1)c1ccccc1-2)c1cccc2c1-c1ccccc1C2(c1ccccc1)c1ccccc1. The van der Waals surface area contributed by atoms with Crippen molar-refractivity contribution < 1.29 is 0 Å². The Morgan fingerprint density at radius 1 is 0.308 bits per heavy atom. The fourth-order valence-corrected chi connectivity index (χ4v) is 11.7. The molecule has 0 saturated carbocycles. The van der Waals surface area contributed by atoms with Gasteiger partial charge in [-0.1, -0.05) is 218 Å². The number of hydrogen-bond acceptors (Lipinski definition) is 1. The topological polar surface area (TPSA) is 3.24 Å². The van der Waals surface area contributed by atoms with E-state index in [-0.39, 0.29) is 0 Å². The van der Waals surface area contributed by atoms with Gasteiger partial charge in [-0.3, -0.25) is 0 Å². The summed E-state index contributed by atoms with van der Waals surface area (Å²) in [5, 5.41) is 0. The Labute approximate surface area is 382 Å². The smallest absolute Gasteiger partial charge is 0.0714 e. The van der Waals surface area contributed by atoms with Crippen LogP contribution < -0.4 is 4.90 Å². The van der Waals surface area contributed by atoms with Crippen molar-refractivity contribution in [3.05, 3.63) is 304 Å². The zero-order valence-electron chi connectivity index (χ0n) is 36.6. The molecular weight excluding hydrogens is 783 g/mol. The summed E-state index contributed by atoms with van der Waals surface area (Å²) in [6.45, 7) is 4.58. The summed E-state index contributed by atoms with van der Waals surface area (Å²) in [5.74, 6) is 0. The van der Waals surface area contributed by atoms with Gasteiger partial charge in [0, 0.05) is 11.3 Å². The number of fused-ring (bicyclic) bond motifs is 6. The molecule has 0 bridgehead atoms. The van der Waals surface area contributed by atoms with Crippen molar-refractivity contribution in [2.75, 3.05) is 4.90 Å². The van der Waals surface area contributed by atoms with Crippen LogP contribution in [0.3, 0.4) is 0 Å². The van der Waals surface area contributed by atoms with E-state index in [0.717, 1.165) is 11.4 Å². The molecule has 0 aliphatic heterocycles. The van der Waals surface area contributed by atoms with E-state index in [9.17, 15) is 0 Å². The first-order valence-corrected chi connectivity index (χ1v) is 22.8. The molecule has 0 atom stereocenters. The highest BCUT2D eigenvalue weighted by atomic mass is 15.2. The number of nitrogens with zero attached hydrogens (tertiary/aromatic N) is 1. The molecule has 1 heteroatoms. The van der Waals surface area contributed by atoms with Crippen LogP contribution in [0.1, 0.15) is 55.6 Å². The zero-order chi connectivity index (χ0) is 43.5. The molecule has 2 aliphatic carbocycles. The lowest BCUT2D eigenvalue weighted by molar-refractivity contribution is 0.768. The summed E-state index contributed by atoms with van der Waals surface area (Å²) in [4.78, 5) is 2.59. The maximum absolute atomic E-state index is 2.59. The predicted octanol–water partition coefficient (Wildman–Crippen LogP) is 16.2. The fraction of sp³-hybridized carbons (Fsp3) is 0.0625. The monoisotopic (exact) mass is 829 g/mol. The molecule has 0 spiro atoms. The largest absolute Gasteiger partial charge is 0.309 e. The number of benzene rings is 10. The molecule has 10 aromatic carbocycles. The summed E-state index contributed by atoms with van der Waals surface area (Å²) in [6, 6.07) is 92.5. The van der Waals surface area contributed by atoms with E-state index in [0.29, 0.717) is 0 Å². The van der Waals surface area contributed by atoms with Gasteiger partial charge in [0.25, 0.3) is 0 Å². The lowest BCUT2D eigenvalue weighted by Gasteiger charge is -2.36. The molecule has 1 nitrogen and oxygen atoms in total. The molecule has 0 radical (unpaired) electrons. The highest BCUT2D eigenvalue weighted by Crippen LogP contribution is 2.61. The Kier molecular flexibility index (Phi) is 9.14. The molecule has 0 heterocycles. The van der Waals surface area contributed by atoms with Gasteiger partial charge < -0.3 is 4.90 Å². The average Bonchev–Trinajstić information content (AvgIpc) is 3.85. The van der Waals surface area contributed by atoms with Crippen molar-refractivity contribution >= 4 is 17.1 Å². The maximum Gasteiger partial charge on any atom is 0.0714 e. The molecule has 0 fully saturated rings. The van der Waals surface area contributed by atoms with Gasteiger partial charge in [0.05, 0.1) is 22.2 Å². The number of rotatable bonds is 8. The third kappa shape index (κ3) is 5.72. The van der Waals surface area contributed by atoms with Crippen molar-refractivity contribution in [1.29, 1.82) is 0 Å². The van der Waals surface area contributed by atoms with Gasteiger partial charge in [-0.15, -0.1) is 0 Å². The molecule has 0 saturated heterocycles. The van der Waals surface area contributed by atoms with E-state index in [2.05, 4.69) is 267 Å². The van der Waals surface area contributed by atoms with Crippen molar-refractivity contribution in [2.45, 2.75) is 24.7 Å². The normalized spacial score (nSPS) is 13.6. The van der Waals surface area contributed by atoms with Gasteiger partial charge in [0.1, 0.15) is 0 Å². The highest BCUT2D eigenvalue weighted by Gasteiger charge is 2.49. The summed E-state index contributed by atoms with van der Waals surface area (Å²) >= 11 is 0. The van der Waals surface area contributed by atoms with E-state index < -0.39 is 10.8 Å². The number of anilines is 3. The third-order valence-electron chi connectivity index (χ3n) is 14.2. The Balaban J connectivity index is 1.19. The fourth-order valence-electron chi connectivity index (χ4n) is 11.7. The first-order valence-electron chi connectivity index (χ1n) is 22.8. The van der Waals surface area contributed by atoms with Gasteiger partial charge in [0.15, 0.2) is 0 Å². The van der Waals surface area contributed by atoms with Crippen LogP contribution in [0, 0.1) is 13.8 Å². The van der Waals surface area contributed by atoms with Crippen molar-refractivity contribution in [3.63, 3.8) is 0 Å². The minimum Gasteiger partial charge on any atom is -0.309 e. The minimum absolute atomic E-state index is 0.535. The summed E-state index contributed by atoms with van der Waals surface area (Å²) in [7, 11) is 0. The van der Waals surface area contributed by atoms with Crippen LogP contribution in [0.15, 0.2) is 249 Å². The van der Waals surface area contributed by atoms with Crippen LogP contribution in [0.25, 0.3) is 33.4 Å². The molecule has 12 rings (SSSR count). The van der Waals surface area contributed by atoms with Crippen LogP contribution in [0.4, 0.5) is 17.1 Å². The Morgan fingerprint density at radius 3 is 1.26 bits per heavy atom. The second kappa shape index (κ2) is 15.4. The molecular formula is C64H47N. The van der Waals surface area contributed by atoms with Crippen LogP contribution in [0.2, 0.25) is 0 Å². The molecule has 308 valence electrons. The summed E-state index contributed by atoms with van der Waals surface area (Å²) in [6.07, 6.45) is 0.